The van der Waals surface area contributed by atoms with Crippen LogP contribution in [0.3, 0.4) is 0 Å². The van der Waals surface area contributed by atoms with E-state index < -0.39 is 67.7 Å². The molecule has 0 aliphatic carbocycles. The number of fused-ring (bicyclic) bond motifs is 1. The van der Waals surface area contributed by atoms with Crippen molar-refractivity contribution in [2.24, 2.45) is 5.73 Å². The van der Waals surface area contributed by atoms with E-state index in [1.807, 2.05) is 0 Å². The van der Waals surface area contributed by atoms with E-state index in [9.17, 15) is 34.6 Å². The molecule has 1 fully saturated rings. The van der Waals surface area contributed by atoms with Crippen LogP contribution in [0.5, 0.6) is 0 Å². The van der Waals surface area contributed by atoms with Gasteiger partial charge in [0.05, 0.1) is 15.5 Å². The van der Waals surface area contributed by atoms with Crippen molar-refractivity contribution >= 4 is 36.1 Å². The van der Waals surface area contributed by atoms with Crippen LogP contribution in [0.15, 0.2) is 6.33 Å². The van der Waals surface area contributed by atoms with Crippen molar-refractivity contribution in [2.75, 3.05) is 11.9 Å². The average molecular weight is 527 g/mol. The molecule has 1 saturated heterocycles. The van der Waals surface area contributed by atoms with Crippen LogP contribution in [0.4, 0.5) is 5.82 Å². The molecule has 0 bridgehead atoms. The highest BCUT2D eigenvalue weighted by molar-refractivity contribution is 7.77. The summed E-state index contributed by atoms with van der Waals surface area (Å²) >= 11 is 0. The Hall–Kier alpha value is -0.790. The average Bonchev–Trinajstić information content (AvgIpc) is 3.12. The molecule has 14 N–H and O–H groups in total. The van der Waals surface area contributed by atoms with Crippen LogP contribution in [0.2, 0.25) is 0 Å². The third-order valence-corrected chi connectivity index (χ3v) is 8.45. The zero-order valence-electron chi connectivity index (χ0n) is 15.6. The Morgan fingerprint density at radius 3 is 2.44 bits per heavy atom. The van der Waals surface area contributed by atoms with E-state index in [4.69, 9.17) is 25.2 Å². The Labute approximate surface area is 179 Å². The van der Waals surface area contributed by atoms with Crippen molar-refractivity contribution in [3.05, 3.63) is 12.0 Å². The zero-order chi connectivity index (χ0) is 24.1. The zero-order valence-corrected chi connectivity index (χ0v) is 18.3. The number of aromatic nitrogens is 2. The highest BCUT2D eigenvalue weighted by atomic mass is 31.3. The van der Waals surface area contributed by atoms with Gasteiger partial charge in [0.2, 0.25) is 0 Å². The number of imidazole rings is 1. The molecule has 1 unspecified atom stereocenters. The highest BCUT2D eigenvalue weighted by Crippen LogP contribution is 2.70. The monoisotopic (exact) mass is 527 g/mol. The lowest BCUT2D eigenvalue weighted by Gasteiger charge is -2.25. The fraction of sp³-hybridized carbons (Fsp3) is 0.600. The second kappa shape index (κ2) is 9.10. The number of rotatable bonds is 8. The fourth-order valence-corrected chi connectivity index (χ4v) is 6.48. The number of carbonyl (C=O) groups is 1. The first kappa shape index (κ1) is 25.8. The SMILES string of the molecule is NC1NC(=O)c2ncn([C@@H]3O[C@H](CO[P+](O)(O)O[P+](O)(O)N[P+](O)(O)O)[C@@H](O)[C@H]3O)c2N1. The molecule has 0 saturated carbocycles. The standard InChI is InChI=1S/C10H21N6O13P3/c11-10-13-7-4(8(19)14-10)12-2-16(7)9-6(18)5(17)3(28-9)1-27-32(25,26)29-31(23,24)15-30(20,21)22/h2-3,5-6,9-10,15,17-18,20-26H,1,11H2,(H-,13,14,19)/q+2/p+1/t3-,5-,6-,9-,10?/m1/s1. The van der Waals surface area contributed by atoms with Crippen molar-refractivity contribution in [1.29, 1.82) is 0 Å². The third kappa shape index (κ3) is 6.01. The highest BCUT2D eigenvalue weighted by Gasteiger charge is 2.65. The molecular weight excluding hydrogens is 505 g/mol. The van der Waals surface area contributed by atoms with Gasteiger partial charge in [0.15, 0.2) is 18.2 Å². The van der Waals surface area contributed by atoms with Gasteiger partial charge in [-0.3, -0.25) is 15.1 Å². The number of ether oxygens (including phenoxy) is 1. The maximum Gasteiger partial charge on any atom is 0.618 e. The minimum atomic E-state index is -5.10. The summed E-state index contributed by atoms with van der Waals surface area (Å²) < 4.78 is 15.3. The van der Waals surface area contributed by atoms with Gasteiger partial charge in [-0.25, -0.2) is 4.98 Å². The topological polar surface area (TPSA) is 307 Å². The van der Waals surface area contributed by atoms with Gasteiger partial charge in [-0.2, -0.15) is 34.3 Å². The lowest BCUT2D eigenvalue weighted by Crippen LogP contribution is -2.51. The summed E-state index contributed by atoms with van der Waals surface area (Å²) in [6.07, 6.45) is -5.84. The number of aliphatic hydroxyl groups is 2. The molecule has 1 aromatic heterocycles. The van der Waals surface area contributed by atoms with Crippen molar-refractivity contribution in [2.45, 2.75) is 30.8 Å². The van der Waals surface area contributed by atoms with E-state index in [2.05, 4.69) is 24.5 Å². The van der Waals surface area contributed by atoms with Gasteiger partial charge in [-0.05, 0) is 0 Å². The smallest absolute Gasteiger partial charge is 0.387 e. The van der Waals surface area contributed by atoms with Crippen molar-refractivity contribution < 1.29 is 62.8 Å². The molecule has 0 radical (unpaired) electrons. The summed E-state index contributed by atoms with van der Waals surface area (Å²) in [7, 11) is -15.1. The Morgan fingerprint density at radius 2 is 1.81 bits per heavy atom. The largest absolute Gasteiger partial charge is 0.618 e. The summed E-state index contributed by atoms with van der Waals surface area (Å²) in [5, 5.41) is 25.6. The molecule has 182 valence electrons. The van der Waals surface area contributed by atoms with Crippen LogP contribution in [0, 0.1) is 0 Å². The van der Waals surface area contributed by atoms with E-state index in [0.29, 0.717) is 0 Å². The molecule has 2 aliphatic rings. The molecule has 5 atom stereocenters. The van der Waals surface area contributed by atoms with Gasteiger partial charge < -0.3 is 25.6 Å². The first-order chi connectivity index (χ1) is 14.6. The number of aliphatic hydroxyl groups excluding tert-OH is 2. The number of nitrogens with two attached hydrogens (primary N) is 1. The van der Waals surface area contributed by atoms with Crippen LogP contribution in [0.25, 0.3) is 0 Å². The number of nitrogens with one attached hydrogen (secondary N) is 3. The summed E-state index contributed by atoms with van der Waals surface area (Å²) in [4.78, 5) is 81.4. The first-order valence-corrected chi connectivity index (χ1v) is 13.2. The molecule has 2 aliphatic heterocycles. The molecule has 32 heavy (non-hydrogen) atoms. The van der Waals surface area contributed by atoms with Gasteiger partial charge in [0, 0.05) is 0 Å². The van der Waals surface area contributed by atoms with Crippen molar-refractivity contribution in [3.8, 4) is 0 Å². The quantitative estimate of drug-likeness (QED) is 0.142. The Kier molecular flexibility index (Phi) is 7.35. The number of hydrogen-bond acceptors (Lipinski definition) is 17. The second-order valence-electron chi connectivity index (χ2n) is 6.57. The minimum Gasteiger partial charge on any atom is -0.387 e. The predicted molar refractivity (Wildman–Crippen MR) is 104 cm³/mol. The Balaban J connectivity index is 1.66. The number of nitrogens with zero attached hydrogens (tertiary/aromatic N) is 2. The molecular formula is C10H22N6O13P3+3. The first-order valence-electron chi connectivity index (χ1n) is 8.42. The van der Waals surface area contributed by atoms with Crippen LogP contribution < -0.4 is 21.2 Å². The van der Waals surface area contributed by atoms with Crippen LogP contribution in [-0.4, -0.2) is 91.1 Å². The number of amides is 1. The molecule has 3 rings (SSSR count). The maximum atomic E-state index is 11.9. The molecule has 19 nitrogen and oxygen atoms in total. The van der Waals surface area contributed by atoms with E-state index in [0.717, 1.165) is 11.2 Å². The molecule has 22 heteroatoms. The molecule has 0 spiro atoms. The van der Waals surface area contributed by atoms with Crippen molar-refractivity contribution in [1.82, 2.24) is 19.7 Å². The van der Waals surface area contributed by atoms with E-state index >= 15 is 0 Å². The van der Waals surface area contributed by atoms with Crippen LogP contribution in [0.1, 0.15) is 16.7 Å². The Bertz CT molecular complexity index is 851. The number of hydrogen-bond donors (Lipinski definition) is 13. The number of carbonyl (C=O) groups excluding carboxylic acids is 1. The number of anilines is 1. The summed E-state index contributed by atoms with van der Waals surface area (Å²) in [5.41, 5.74) is 5.57. The normalized spacial score (nSPS) is 28.9. The summed E-state index contributed by atoms with van der Waals surface area (Å²) in [5.74, 6) is -0.516. The molecule has 1 amide bonds. The third-order valence-electron chi connectivity index (χ3n) is 4.09. The van der Waals surface area contributed by atoms with Gasteiger partial charge in [0.1, 0.15) is 30.7 Å². The predicted octanol–water partition coefficient (Wildman–Crippen LogP) is -4.50. The lowest BCUT2D eigenvalue weighted by atomic mass is 10.1. The molecule has 1 aromatic rings. The van der Waals surface area contributed by atoms with Gasteiger partial charge >= 0.3 is 24.4 Å². The van der Waals surface area contributed by atoms with Crippen LogP contribution >= 0.6 is 24.4 Å². The van der Waals surface area contributed by atoms with Gasteiger partial charge in [-0.1, -0.05) is 0 Å². The van der Waals surface area contributed by atoms with E-state index in [1.54, 1.807) is 0 Å². The lowest BCUT2D eigenvalue weighted by molar-refractivity contribution is -0.0529. The maximum absolute atomic E-state index is 11.9. The second-order valence-corrected chi connectivity index (χ2v) is 11.5. The van der Waals surface area contributed by atoms with Gasteiger partial charge in [0.25, 0.3) is 5.91 Å². The van der Waals surface area contributed by atoms with Crippen molar-refractivity contribution in [3.63, 3.8) is 0 Å². The Morgan fingerprint density at radius 1 is 1.16 bits per heavy atom. The summed E-state index contributed by atoms with van der Waals surface area (Å²) in [6.45, 7) is -0.864. The molecule has 3 heterocycles. The minimum absolute atomic E-state index is 0.0602. The van der Waals surface area contributed by atoms with E-state index in [1.165, 1.54) is 4.57 Å². The van der Waals surface area contributed by atoms with Crippen LogP contribution in [-0.2, 0) is 13.6 Å². The van der Waals surface area contributed by atoms with E-state index in [-0.39, 0.29) is 11.5 Å². The fourth-order valence-electron chi connectivity index (χ4n) is 2.89. The summed E-state index contributed by atoms with van der Waals surface area (Å²) in [6, 6.07) is 0. The van der Waals surface area contributed by atoms with Gasteiger partial charge in [-0.15, -0.1) is 4.52 Å². The molecule has 0 aromatic carbocycles.